The van der Waals surface area contributed by atoms with E-state index in [2.05, 4.69) is 27.0 Å². The van der Waals surface area contributed by atoms with E-state index in [1.807, 2.05) is 78.8 Å². The number of fused-ring (bicyclic) bond motifs is 1. The molecule has 164 valence electrons. The van der Waals surface area contributed by atoms with Crippen molar-refractivity contribution < 1.29 is 4.79 Å². The van der Waals surface area contributed by atoms with E-state index in [4.69, 9.17) is 5.26 Å². The number of hydrogen-bond acceptors (Lipinski definition) is 4. The molecule has 0 spiro atoms. The van der Waals surface area contributed by atoms with Crippen molar-refractivity contribution in [1.82, 2.24) is 19.6 Å². The van der Waals surface area contributed by atoms with Gasteiger partial charge < -0.3 is 10.2 Å². The number of nitrogens with zero attached hydrogens (tertiary/aromatic N) is 4. The number of rotatable bonds is 4. The molecule has 1 fully saturated rings. The molecule has 4 aromatic rings. The van der Waals surface area contributed by atoms with Crippen LogP contribution < -0.4 is 5.32 Å². The number of pyridine rings is 1. The van der Waals surface area contributed by atoms with Gasteiger partial charge in [0.1, 0.15) is 5.65 Å². The average Bonchev–Trinajstić information content (AvgIpc) is 3.32. The molecule has 1 amide bonds. The van der Waals surface area contributed by atoms with Crippen LogP contribution in [0.4, 0.5) is 0 Å². The van der Waals surface area contributed by atoms with E-state index >= 15 is 0 Å². The molecule has 1 aliphatic heterocycles. The highest BCUT2D eigenvalue weighted by molar-refractivity contribution is 5.94. The third kappa shape index (κ3) is 4.11. The minimum Gasteiger partial charge on any atom is -0.339 e. The summed E-state index contributed by atoms with van der Waals surface area (Å²) in [5, 5.41) is 12.3. The van der Waals surface area contributed by atoms with Gasteiger partial charge in [-0.25, -0.2) is 4.98 Å². The molecule has 0 atom stereocenters. The molecule has 1 N–H and O–H groups in total. The van der Waals surface area contributed by atoms with Crippen LogP contribution in [0.1, 0.15) is 28.8 Å². The lowest BCUT2D eigenvalue weighted by molar-refractivity contribution is 0.0707. The first-order chi connectivity index (χ1) is 16.2. The number of amides is 1. The fourth-order valence-electron chi connectivity index (χ4n) is 4.44. The molecular formula is C27H25N5O. The van der Waals surface area contributed by atoms with Crippen LogP contribution >= 0.6 is 0 Å². The van der Waals surface area contributed by atoms with E-state index < -0.39 is 0 Å². The number of imidazole rings is 1. The highest BCUT2D eigenvalue weighted by Gasteiger charge is 2.22. The lowest BCUT2D eigenvalue weighted by Gasteiger charge is -2.31. The summed E-state index contributed by atoms with van der Waals surface area (Å²) in [6.07, 6.45) is 5.90. The maximum absolute atomic E-state index is 12.9. The minimum atomic E-state index is 0.101. The van der Waals surface area contributed by atoms with Gasteiger partial charge in [0.2, 0.25) is 0 Å². The first-order valence-electron chi connectivity index (χ1n) is 11.2. The largest absolute Gasteiger partial charge is 0.339 e. The van der Waals surface area contributed by atoms with Gasteiger partial charge in [-0.05, 0) is 67.4 Å². The number of aromatic nitrogens is 2. The summed E-state index contributed by atoms with van der Waals surface area (Å²) in [6.45, 7) is 1.59. The number of nitrogens with one attached hydrogen (secondary N) is 1. The molecule has 3 heterocycles. The monoisotopic (exact) mass is 435 g/mol. The van der Waals surface area contributed by atoms with Gasteiger partial charge in [-0.1, -0.05) is 24.3 Å². The maximum Gasteiger partial charge on any atom is 0.253 e. The van der Waals surface area contributed by atoms with E-state index in [0.717, 1.165) is 59.5 Å². The fourth-order valence-corrected chi connectivity index (χ4v) is 4.44. The third-order valence-corrected chi connectivity index (χ3v) is 6.47. The van der Waals surface area contributed by atoms with Gasteiger partial charge in [0.15, 0.2) is 0 Å². The first-order valence-corrected chi connectivity index (χ1v) is 11.2. The third-order valence-electron chi connectivity index (χ3n) is 6.47. The molecule has 2 aromatic carbocycles. The molecule has 0 bridgehead atoms. The Morgan fingerprint density at radius 1 is 0.970 bits per heavy atom. The van der Waals surface area contributed by atoms with Crippen LogP contribution in [-0.4, -0.2) is 46.4 Å². The van der Waals surface area contributed by atoms with Gasteiger partial charge in [0, 0.05) is 36.5 Å². The predicted molar refractivity (Wildman–Crippen MR) is 129 cm³/mol. The SMILES string of the molecule is CNC1CCN(C(=O)c2ccc(-c3ccc4ncc(-c5ccc(C#N)cc5)n4c3)cc2)CC1. The second kappa shape index (κ2) is 8.89. The zero-order chi connectivity index (χ0) is 22.8. The Balaban J connectivity index is 1.39. The van der Waals surface area contributed by atoms with Gasteiger partial charge in [-0.15, -0.1) is 0 Å². The van der Waals surface area contributed by atoms with Crippen LogP contribution in [-0.2, 0) is 0 Å². The molecule has 33 heavy (non-hydrogen) atoms. The molecule has 5 rings (SSSR count). The Morgan fingerprint density at radius 3 is 2.30 bits per heavy atom. The van der Waals surface area contributed by atoms with Crippen molar-refractivity contribution in [3.05, 3.63) is 84.2 Å². The van der Waals surface area contributed by atoms with Crippen molar-refractivity contribution >= 4 is 11.6 Å². The number of benzene rings is 2. The van der Waals surface area contributed by atoms with Crippen LogP contribution in [0.15, 0.2) is 73.1 Å². The number of likely N-dealkylation sites (tertiary alicyclic amines) is 1. The topological polar surface area (TPSA) is 73.4 Å². The number of carbonyl (C=O) groups excluding carboxylic acids is 1. The minimum absolute atomic E-state index is 0.101. The maximum atomic E-state index is 12.9. The normalized spacial score (nSPS) is 14.4. The van der Waals surface area contributed by atoms with Gasteiger partial charge in [0.05, 0.1) is 23.5 Å². The molecule has 0 saturated carbocycles. The van der Waals surface area contributed by atoms with E-state index in [0.29, 0.717) is 11.6 Å². The summed E-state index contributed by atoms with van der Waals surface area (Å²) < 4.78 is 2.06. The lowest BCUT2D eigenvalue weighted by atomic mass is 10.0. The zero-order valence-corrected chi connectivity index (χ0v) is 18.5. The van der Waals surface area contributed by atoms with E-state index in [1.54, 1.807) is 0 Å². The average molecular weight is 436 g/mol. The smallest absolute Gasteiger partial charge is 0.253 e. The number of nitriles is 1. The Bertz CT molecular complexity index is 1320. The Labute approximate surface area is 193 Å². The summed E-state index contributed by atoms with van der Waals surface area (Å²) in [5.41, 5.74) is 6.27. The van der Waals surface area contributed by atoms with Crippen LogP contribution in [0.25, 0.3) is 28.0 Å². The highest BCUT2D eigenvalue weighted by atomic mass is 16.2. The highest BCUT2D eigenvalue weighted by Crippen LogP contribution is 2.26. The van der Waals surface area contributed by atoms with Gasteiger partial charge in [-0.2, -0.15) is 5.26 Å². The summed E-state index contributed by atoms with van der Waals surface area (Å²) in [4.78, 5) is 19.4. The second-order valence-corrected chi connectivity index (χ2v) is 8.41. The van der Waals surface area contributed by atoms with Crippen LogP contribution in [0.3, 0.4) is 0 Å². The van der Waals surface area contributed by atoms with Gasteiger partial charge >= 0.3 is 0 Å². The number of piperidine rings is 1. The Hall–Kier alpha value is -3.95. The van der Waals surface area contributed by atoms with E-state index in [-0.39, 0.29) is 5.91 Å². The summed E-state index contributed by atoms with van der Waals surface area (Å²) in [5.74, 6) is 0.101. The molecule has 2 aromatic heterocycles. The quantitative estimate of drug-likeness (QED) is 0.517. The lowest BCUT2D eigenvalue weighted by Crippen LogP contribution is -2.43. The molecule has 0 unspecified atom stereocenters. The Kier molecular flexibility index (Phi) is 5.64. The molecule has 6 nitrogen and oxygen atoms in total. The molecule has 1 aliphatic rings. The second-order valence-electron chi connectivity index (χ2n) is 8.41. The number of carbonyl (C=O) groups is 1. The molecule has 1 saturated heterocycles. The Morgan fingerprint density at radius 2 is 1.64 bits per heavy atom. The molecule has 6 heteroatoms. The van der Waals surface area contributed by atoms with Crippen molar-refractivity contribution in [2.45, 2.75) is 18.9 Å². The number of hydrogen-bond donors (Lipinski definition) is 1. The van der Waals surface area contributed by atoms with Crippen molar-refractivity contribution in [3.63, 3.8) is 0 Å². The molecule has 0 aliphatic carbocycles. The summed E-state index contributed by atoms with van der Waals surface area (Å²) in [7, 11) is 1.98. The van der Waals surface area contributed by atoms with Gasteiger partial charge in [0.25, 0.3) is 5.91 Å². The van der Waals surface area contributed by atoms with E-state index in [1.165, 1.54) is 0 Å². The van der Waals surface area contributed by atoms with Crippen molar-refractivity contribution in [2.75, 3.05) is 20.1 Å². The van der Waals surface area contributed by atoms with Crippen molar-refractivity contribution in [3.8, 4) is 28.5 Å². The zero-order valence-electron chi connectivity index (χ0n) is 18.5. The van der Waals surface area contributed by atoms with Crippen LogP contribution in [0, 0.1) is 11.3 Å². The molecular weight excluding hydrogens is 410 g/mol. The summed E-state index contributed by atoms with van der Waals surface area (Å²) >= 11 is 0. The molecule has 0 radical (unpaired) electrons. The van der Waals surface area contributed by atoms with E-state index in [9.17, 15) is 4.79 Å². The van der Waals surface area contributed by atoms with Crippen LogP contribution in [0.5, 0.6) is 0 Å². The van der Waals surface area contributed by atoms with Crippen LogP contribution in [0.2, 0.25) is 0 Å². The van der Waals surface area contributed by atoms with Crippen molar-refractivity contribution in [2.24, 2.45) is 0 Å². The fraction of sp³-hybridized carbons (Fsp3) is 0.222. The van der Waals surface area contributed by atoms with Gasteiger partial charge in [-0.3, -0.25) is 9.20 Å². The predicted octanol–water partition coefficient (Wildman–Crippen LogP) is 4.36. The standard InChI is InChI=1S/C27H25N5O/c1-29-24-12-14-31(15-13-24)27(33)22-8-6-20(7-9-22)23-10-11-26-30-17-25(32(26)18-23)21-4-2-19(16-28)3-5-21/h2-11,17-18,24,29H,12-15H2,1H3. The van der Waals surface area contributed by atoms with Crippen molar-refractivity contribution in [1.29, 1.82) is 5.26 Å². The summed E-state index contributed by atoms with van der Waals surface area (Å²) in [6, 6.07) is 22.1. The first kappa shape index (κ1) is 20.9.